The number of halogens is 8. The molecule has 0 aliphatic carbocycles. The fourth-order valence-corrected chi connectivity index (χ4v) is 10.0. The second kappa shape index (κ2) is 22.2. The summed E-state index contributed by atoms with van der Waals surface area (Å²) in [7, 11) is 0. The highest BCUT2D eigenvalue weighted by atomic mass is 32.1. The predicted molar refractivity (Wildman–Crippen MR) is 268 cm³/mol. The number of hydrogen-bond acceptors (Lipinski definition) is 11. The maximum absolute atomic E-state index is 15.8. The number of benzene rings is 3. The van der Waals surface area contributed by atoms with Crippen LogP contribution in [0.5, 0.6) is 5.75 Å². The summed E-state index contributed by atoms with van der Waals surface area (Å²) in [5.74, 6) is -11.0. The highest BCUT2D eigenvalue weighted by Gasteiger charge is 2.52. The van der Waals surface area contributed by atoms with Gasteiger partial charge >= 0.3 is 6.18 Å². The maximum atomic E-state index is 15.8. The van der Waals surface area contributed by atoms with Crippen molar-refractivity contribution >= 4 is 63.7 Å². The summed E-state index contributed by atoms with van der Waals surface area (Å²) in [5.41, 5.74) is -2.65. The molecule has 402 valence electrons. The molecular formula is C52H50F8N8O6S2. The van der Waals surface area contributed by atoms with Crippen molar-refractivity contribution in [2.75, 3.05) is 36.2 Å². The Labute approximate surface area is 441 Å². The van der Waals surface area contributed by atoms with E-state index in [1.807, 2.05) is 31.2 Å². The quantitative estimate of drug-likeness (QED) is 0.0517. The number of amides is 4. The Morgan fingerprint density at radius 2 is 1.67 bits per heavy atom. The smallest absolute Gasteiger partial charge is 0.420 e. The van der Waals surface area contributed by atoms with Crippen LogP contribution in [0.1, 0.15) is 76.3 Å². The summed E-state index contributed by atoms with van der Waals surface area (Å²) in [6.07, 6.45) is -4.27. The van der Waals surface area contributed by atoms with Gasteiger partial charge in [0, 0.05) is 31.1 Å². The molecule has 0 bridgehead atoms. The van der Waals surface area contributed by atoms with Crippen LogP contribution in [0.4, 0.5) is 46.5 Å². The second-order valence-corrected chi connectivity index (χ2v) is 20.8. The number of rotatable bonds is 17. The lowest BCUT2D eigenvalue weighted by atomic mass is 9.85. The van der Waals surface area contributed by atoms with E-state index in [4.69, 9.17) is 27.0 Å². The third kappa shape index (κ3) is 12.1. The van der Waals surface area contributed by atoms with Gasteiger partial charge in [-0.2, -0.15) is 18.4 Å². The fourth-order valence-electron chi connectivity index (χ4n) is 8.70. The van der Waals surface area contributed by atoms with Crippen molar-refractivity contribution in [1.29, 1.82) is 5.26 Å². The first-order chi connectivity index (χ1) is 35.6. The van der Waals surface area contributed by atoms with Gasteiger partial charge in [-0.3, -0.25) is 29.1 Å². The zero-order chi connectivity index (χ0) is 55.7. The summed E-state index contributed by atoms with van der Waals surface area (Å²) >= 11 is 6.92. The van der Waals surface area contributed by atoms with Crippen molar-refractivity contribution in [3.8, 4) is 33.5 Å². The van der Waals surface area contributed by atoms with Crippen LogP contribution >= 0.6 is 23.6 Å². The number of carbonyl (C=O) groups excluding carboxylic acids is 4. The van der Waals surface area contributed by atoms with E-state index in [2.05, 4.69) is 20.6 Å². The number of anilines is 2. The van der Waals surface area contributed by atoms with Crippen LogP contribution in [-0.4, -0.2) is 93.5 Å². The van der Waals surface area contributed by atoms with Crippen LogP contribution < -0.4 is 25.2 Å². The Hall–Kier alpha value is -7.10. The molecule has 2 aliphatic heterocycles. The van der Waals surface area contributed by atoms with Crippen LogP contribution in [0.3, 0.4) is 0 Å². The normalized spacial score (nSPS) is 16.2. The van der Waals surface area contributed by atoms with Gasteiger partial charge in [0.2, 0.25) is 17.7 Å². The molecule has 4 heterocycles. The number of ether oxygens (including phenoxy) is 2. The van der Waals surface area contributed by atoms with Crippen molar-refractivity contribution in [1.82, 2.24) is 25.5 Å². The molecule has 0 radical (unpaired) electrons. The molecule has 24 heteroatoms. The molecule has 3 aromatic carbocycles. The molecule has 2 aromatic heterocycles. The van der Waals surface area contributed by atoms with Crippen LogP contribution in [0.25, 0.3) is 21.7 Å². The third-order valence-electron chi connectivity index (χ3n) is 12.7. The minimum atomic E-state index is -5.31. The molecule has 14 nitrogen and oxygen atoms in total. The monoisotopic (exact) mass is 1100 g/mol. The van der Waals surface area contributed by atoms with Crippen LogP contribution in [0.15, 0.2) is 72.4 Å². The average Bonchev–Trinajstić information content (AvgIpc) is 4.07. The number of likely N-dealkylation sites (tertiary alicyclic amines) is 1. The summed E-state index contributed by atoms with van der Waals surface area (Å²) in [4.78, 5) is 66.3. The van der Waals surface area contributed by atoms with Gasteiger partial charge in [-0.05, 0) is 92.7 Å². The number of aromatic nitrogens is 2. The third-order valence-corrected chi connectivity index (χ3v) is 14.0. The van der Waals surface area contributed by atoms with E-state index in [-0.39, 0.29) is 30.2 Å². The fraction of sp³-hybridized carbons (Fsp3) is 0.385. The lowest BCUT2D eigenvalue weighted by Crippen LogP contribution is -2.58. The van der Waals surface area contributed by atoms with Gasteiger partial charge in [0.25, 0.3) is 11.8 Å². The highest BCUT2D eigenvalue weighted by molar-refractivity contribution is 7.81. The van der Waals surface area contributed by atoms with Crippen molar-refractivity contribution in [3.63, 3.8) is 0 Å². The van der Waals surface area contributed by atoms with Crippen LogP contribution in [0, 0.1) is 41.1 Å². The molecule has 2 atom stereocenters. The minimum absolute atomic E-state index is 0.176. The van der Waals surface area contributed by atoms with Gasteiger partial charge in [0.15, 0.2) is 34.9 Å². The molecule has 2 fully saturated rings. The van der Waals surface area contributed by atoms with Gasteiger partial charge in [-0.25, -0.2) is 26.9 Å². The summed E-state index contributed by atoms with van der Waals surface area (Å²) in [6.45, 7) is 7.57. The number of thiocarbonyl (C=S) groups is 1. The number of hydrogen-bond donors (Lipinski definition) is 2. The van der Waals surface area contributed by atoms with E-state index < -0.39 is 130 Å². The van der Waals surface area contributed by atoms with Gasteiger partial charge < -0.3 is 29.9 Å². The SMILES string of the molecule is Cc1ncsc1-c1ccc(CNC(=O)[C@@H]2CCCN2C(=O)C(NC(=O)COCCC(F)(F)COc2ccc(-c3ncc(N4C(=S)N(c5ccc(C#N)c(C(F)(F)F)c5F)C(=O)C4(C)C)cc3F)cc2F)C(C)(C)C)cc1. The number of alkyl halides is 5. The van der Waals surface area contributed by atoms with Gasteiger partial charge in [-0.15, -0.1) is 11.3 Å². The predicted octanol–water partition coefficient (Wildman–Crippen LogP) is 9.66. The molecule has 7 rings (SSSR count). The Morgan fingerprint density at radius 1 is 0.974 bits per heavy atom. The molecule has 0 spiro atoms. The summed E-state index contributed by atoms with van der Waals surface area (Å²) < 4.78 is 128. The van der Waals surface area contributed by atoms with E-state index in [0.29, 0.717) is 23.8 Å². The Bertz CT molecular complexity index is 3100. The number of nitrogens with zero attached hydrogens (tertiary/aromatic N) is 6. The van der Waals surface area contributed by atoms with Crippen molar-refractivity contribution in [3.05, 3.63) is 112 Å². The topological polar surface area (TPSA) is 170 Å². The minimum Gasteiger partial charge on any atom is -0.484 e. The van der Waals surface area contributed by atoms with E-state index in [0.717, 1.165) is 63.1 Å². The van der Waals surface area contributed by atoms with Crippen molar-refractivity contribution in [2.45, 2.75) is 97.1 Å². The first kappa shape index (κ1) is 56.6. The molecule has 76 heavy (non-hydrogen) atoms. The molecular weight excluding hydrogens is 1050 g/mol. The van der Waals surface area contributed by atoms with Crippen LogP contribution in [-0.2, 0) is 36.6 Å². The number of carbonyl (C=O) groups is 4. The Morgan fingerprint density at radius 3 is 2.29 bits per heavy atom. The van der Waals surface area contributed by atoms with Gasteiger partial charge in [0.1, 0.15) is 35.5 Å². The lowest BCUT2D eigenvalue weighted by Gasteiger charge is -2.35. The average molecular weight is 1100 g/mol. The molecule has 4 amide bonds. The number of nitrogens with one attached hydrogen (secondary N) is 2. The molecule has 0 saturated carbocycles. The molecule has 2 N–H and O–H groups in total. The van der Waals surface area contributed by atoms with E-state index in [1.54, 1.807) is 26.3 Å². The van der Waals surface area contributed by atoms with E-state index in [1.165, 1.54) is 36.2 Å². The van der Waals surface area contributed by atoms with Gasteiger partial charge in [-0.1, -0.05) is 45.0 Å². The first-order valence-corrected chi connectivity index (χ1v) is 24.8. The molecule has 1 unspecified atom stereocenters. The zero-order valence-electron chi connectivity index (χ0n) is 41.7. The van der Waals surface area contributed by atoms with E-state index in [9.17, 15) is 41.1 Å². The summed E-state index contributed by atoms with van der Waals surface area (Å²) in [6, 6.07) is 12.3. The number of thiazole rings is 1. The molecule has 2 aliphatic rings. The Kier molecular flexibility index (Phi) is 16.6. The van der Waals surface area contributed by atoms with E-state index >= 15 is 13.2 Å². The summed E-state index contributed by atoms with van der Waals surface area (Å²) in [5, 5.41) is 14.2. The molecule has 5 aromatic rings. The maximum Gasteiger partial charge on any atom is 0.420 e. The van der Waals surface area contributed by atoms with Crippen molar-refractivity contribution in [2.24, 2.45) is 5.41 Å². The number of nitriles is 1. The first-order valence-electron chi connectivity index (χ1n) is 23.5. The molecule has 2 saturated heterocycles. The van der Waals surface area contributed by atoms with Crippen molar-refractivity contribution < 1.29 is 63.8 Å². The number of pyridine rings is 1. The second-order valence-electron chi connectivity index (χ2n) is 19.6. The highest BCUT2D eigenvalue weighted by Crippen LogP contribution is 2.43. The number of aryl methyl sites for hydroxylation is 1. The Balaban J connectivity index is 0.897. The largest absolute Gasteiger partial charge is 0.484 e. The van der Waals surface area contributed by atoms with Crippen LogP contribution in [0.2, 0.25) is 0 Å². The lowest BCUT2D eigenvalue weighted by molar-refractivity contribution is -0.144. The van der Waals surface area contributed by atoms with Gasteiger partial charge in [0.05, 0.1) is 51.9 Å². The zero-order valence-corrected chi connectivity index (χ0v) is 43.3. The standard InChI is InChI=1S/C52H50F8N8O6S2/c1-28-43(76-27-64-28)30-11-9-29(10-12-30)23-63-45(70)37-8-7-18-66(37)46(71)44(49(2,3)4)65-39(69)25-73-19-17-51(56,57)26-74-38-16-14-31(20-34(38)53)42-35(54)21-33(24-62-42)68-48(75)67(47(72)50(68,5)6)36-15-13-32(22-61)40(41(36)55)52(58,59)60/h9-16,20-21,24,27,37,44H,7-8,17-19,23,25-26H2,1-6H3,(H,63,70)(H,65,69)/t37-,44?/m0/s1.